The molecule has 0 heterocycles. The van der Waals surface area contributed by atoms with E-state index in [0.717, 1.165) is 69.4 Å². The zero-order valence-corrected chi connectivity index (χ0v) is 29.3. The number of hydrogen-bond acceptors (Lipinski definition) is 13. The molecule has 0 bridgehead atoms. The molecule has 1 fully saturated rings. The number of Topliss-reactive ketones (excluding diaryl/α,β-unsaturated/α-hetero) is 1. The molecular weight excluding hydrogens is 676 g/mol. The molecule has 0 spiro atoms. The fourth-order valence-electron chi connectivity index (χ4n) is 4.89. The van der Waals surface area contributed by atoms with E-state index in [1.54, 1.807) is 6.08 Å². The SMILES string of the molecule is C=CC(=O)OCCCCCCOc1ccc(/C=C/C(=O)Oc2ccc(OC(=O)OCCCCOC(=O)C(=O)CC(=O)OC3CCCCC3)cc2)cc1. The zero-order valence-electron chi connectivity index (χ0n) is 29.3. The molecule has 0 radical (unpaired) electrons. The minimum Gasteiger partial charge on any atom is -0.494 e. The van der Waals surface area contributed by atoms with Gasteiger partial charge in [-0.25, -0.2) is 19.2 Å². The Morgan fingerprint density at radius 2 is 1.21 bits per heavy atom. The summed E-state index contributed by atoms with van der Waals surface area (Å²) in [5, 5.41) is 0. The van der Waals surface area contributed by atoms with Gasteiger partial charge in [0, 0.05) is 12.2 Å². The number of carbonyl (C=O) groups excluding carboxylic acids is 6. The molecule has 52 heavy (non-hydrogen) atoms. The van der Waals surface area contributed by atoms with Crippen LogP contribution in [0.3, 0.4) is 0 Å². The molecular formula is C39H46O13. The predicted molar refractivity (Wildman–Crippen MR) is 187 cm³/mol. The fraction of sp³-hybridized carbons (Fsp3) is 0.436. The first-order valence-electron chi connectivity index (χ1n) is 17.5. The summed E-state index contributed by atoms with van der Waals surface area (Å²) in [5.74, 6) is -2.67. The maximum absolute atomic E-state index is 12.3. The summed E-state index contributed by atoms with van der Waals surface area (Å²) in [5.41, 5.74) is 0.778. The van der Waals surface area contributed by atoms with Crippen LogP contribution in [-0.2, 0) is 42.9 Å². The van der Waals surface area contributed by atoms with Crippen LogP contribution in [0.15, 0.2) is 67.3 Å². The van der Waals surface area contributed by atoms with Crippen molar-refractivity contribution in [2.24, 2.45) is 0 Å². The van der Waals surface area contributed by atoms with Crippen LogP contribution < -0.4 is 14.2 Å². The first-order valence-corrected chi connectivity index (χ1v) is 17.5. The van der Waals surface area contributed by atoms with Crippen molar-refractivity contribution in [2.75, 3.05) is 26.4 Å². The number of benzene rings is 2. The Bertz CT molecular complexity index is 1490. The number of hydrogen-bond donors (Lipinski definition) is 0. The Morgan fingerprint density at radius 1 is 0.635 bits per heavy atom. The van der Waals surface area contributed by atoms with Crippen LogP contribution in [0, 0.1) is 0 Å². The number of esters is 4. The van der Waals surface area contributed by atoms with E-state index in [1.807, 2.05) is 24.3 Å². The van der Waals surface area contributed by atoms with E-state index in [0.29, 0.717) is 31.8 Å². The van der Waals surface area contributed by atoms with Crippen molar-refractivity contribution in [3.63, 3.8) is 0 Å². The summed E-state index contributed by atoms with van der Waals surface area (Å²) < 4.78 is 36.2. The van der Waals surface area contributed by atoms with Crippen LogP contribution in [0.4, 0.5) is 4.79 Å². The van der Waals surface area contributed by atoms with E-state index in [9.17, 15) is 28.8 Å². The molecule has 280 valence electrons. The Kier molecular flexibility index (Phi) is 18.8. The summed E-state index contributed by atoms with van der Waals surface area (Å²) in [7, 11) is 0. The van der Waals surface area contributed by atoms with Crippen LogP contribution in [0.5, 0.6) is 17.2 Å². The molecule has 1 saturated carbocycles. The summed E-state index contributed by atoms with van der Waals surface area (Å²) in [4.78, 5) is 70.9. The molecule has 0 unspecified atom stereocenters. The van der Waals surface area contributed by atoms with Crippen molar-refractivity contribution in [2.45, 2.75) is 83.2 Å². The van der Waals surface area contributed by atoms with Gasteiger partial charge in [-0.05, 0) is 112 Å². The average molecular weight is 723 g/mol. The van der Waals surface area contributed by atoms with E-state index < -0.39 is 42.2 Å². The predicted octanol–water partition coefficient (Wildman–Crippen LogP) is 6.65. The third-order valence-corrected chi connectivity index (χ3v) is 7.63. The largest absolute Gasteiger partial charge is 0.513 e. The third-order valence-electron chi connectivity index (χ3n) is 7.63. The van der Waals surface area contributed by atoms with Gasteiger partial charge in [-0.2, -0.15) is 0 Å². The monoisotopic (exact) mass is 722 g/mol. The summed E-state index contributed by atoms with van der Waals surface area (Å²) in [6, 6.07) is 13.1. The lowest BCUT2D eigenvalue weighted by Gasteiger charge is -2.21. The summed E-state index contributed by atoms with van der Waals surface area (Å²) in [6.45, 7) is 4.20. The van der Waals surface area contributed by atoms with E-state index >= 15 is 0 Å². The first kappa shape index (κ1) is 41.0. The van der Waals surface area contributed by atoms with E-state index in [2.05, 4.69) is 6.58 Å². The van der Waals surface area contributed by atoms with Gasteiger partial charge in [0.25, 0.3) is 5.78 Å². The van der Waals surface area contributed by atoms with Crippen molar-refractivity contribution in [3.8, 4) is 17.2 Å². The molecule has 1 aliphatic carbocycles. The normalized spacial score (nSPS) is 12.7. The number of unbranched alkanes of at least 4 members (excludes halogenated alkanes) is 4. The highest BCUT2D eigenvalue weighted by molar-refractivity contribution is 6.36. The van der Waals surface area contributed by atoms with Crippen LogP contribution >= 0.6 is 0 Å². The number of ether oxygens (including phenoxy) is 7. The van der Waals surface area contributed by atoms with Crippen molar-refractivity contribution in [3.05, 3.63) is 72.8 Å². The molecule has 13 heteroatoms. The fourth-order valence-corrected chi connectivity index (χ4v) is 4.89. The Hall–Kier alpha value is -5.46. The highest BCUT2D eigenvalue weighted by atomic mass is 16.7. The molecule has 0 aromatic heterocycles. The molecule has 3 rings (SSSR count). The van der Waals surface area contributed by atoms with Crippen LogP contribution in [0.2, 0.25) is 0 Å². The number of ketones is 1. The summed E-state index contributed by atoms with van der Waals surface area (Å²) >= 11 is 0. The van der Waals surface area contributed by atoms with Gasteiger partial charge in [-0.3, -0.25) is 9.59 Å². The molecule has 2 aromatic carbocycles. The van der Waals surface area contributed by atoms with Crippen LogP contribution in [0.1, 0.15) is 82.6 Å². The Morgan fingerprint density at radius 3 is 1.88 bits per heavy atom. The minimum atomic E-state index is -1.11. The van der Waals surface area contributed by atoms with Gasteiger partial charge in [-0.1, -0.05) is 25.1 Å². The maximum Gasteiger partial charge on any atom is 0.513 e. The molecule has 0 amide bonds. The summed E-state index contributed by atoms with van der Waals surface area (Å²) in [6.07, 6.45) is 11.0. The highest BCUT2D eigenvalue weighted by Crippen LogP contribution is 2.21. The second kappa shape index (κ2) is 23.9. The second-order valence-electron chi connectivity index (χ2n) is 11.8. The molecule has 2 aromatic rings. The first-order chi connectivity index (χ1) is 25.2. The third kappa shape index (κ3) is 17.5. The van der Waals surface area contributed by atoms with Crippen molar-refractivity contribution in [1.29, 1.82) is 0 Å². The Labute approximate surface area is 303 Å². The van der Waals surface area contributed by atoms with E-state index in [1.165, 1.54) is 30.3 Å². The minimum absolute atomic E-state index is 0.0188. The molecule has 13 nitrogen and oxygen atoms in total. The van der Waals surface area contributed by atoms with Crippen molar-refractivity contribution < 1.29 is 61.9 Å². The van der Waals surface area contributed by atoms with Gasteiger partial charge in [0.1, 0.15) is 29.8 Å². The maximum atomic E-state index is 12.3. The Balaban J connectivity index is 1.22. The second-order valence-corrected chi connectivity index (χ2v) is 11.8. The topological polar surface area (TPSA) is 167 Å². The van der Waals surface area contributed by atoms with Gasteiger partial charge >= 0.3 is 30.0 Å². The lowest BCUT2D eigenvalue weighted by molar-refractivity contribution is -0.160. The van der Waals surface area contributed by atoms with Crippen molar-refractivity contribution >= 4 is 41.9 Å². The molecule has 1 aliphatic rings. The van der Waals surface area contributed by atoms with Crippen molar-refractivity contribution in [1.82, 2.24) is 0 Å². The number of carbonyl (C=O) groups is 6. The van der Waals surface area contributed by atoms with Crippen LogP contribution in [-0.4, -0.2) is 68.3 Å². The smallest absolute Gasteiger partial charge is 0.494 e. The van der Waals surface area contributed by atoms with Gasteiger partial charge < -0.3 is 33.2 Å². The number of rotatable bonds is 22. The van der Waals surface area contributed by atoms with Gasteiger partial charge in [0.05, 0.1) is 26.4 Å². The highest BCUT2D eigenvalue weighted by Gasteiger charge is 2.23. The average Bonchev–Trinajstić information content (AvgIpc) is 3.14. The quantitative estimate of drug-likeness (QED) is 0.0185. The zero-order chi connectivity index (χ0) is 37.4. The van der Waals surface area contributed by atoms with Gasteiger partial charge in [0.15, 0.2) is 0 Å². The van der Waals surface area contributed by atoms with Gasteiger partial charge in [-0.15, -0.1) is 0 Å². The van der Waals surface area contributed by atoms with E-state index in [4.69, 9.17) is 33.2 Å². The van der Waals surface area contributed by atoms with Crippen LogP contribution in [0.25, 0.3) is 6.08 Å². The standard InChI is InChI=1S/C39H46O13/c1-2-35(41)47-25-9-4-3-8-24-46-30-17-14-29(15-18-30)16-23-36(42)50-32-19-21-33(22-20-32)52-39(45)49-27-11-10-26-48-38(44)34(40)28-37(43)51-31-12-6-5-7-13-31/h2,14-23,31H,1,3-13,24-28H2/b23-16+. The van der Waals surface area contributed by atoms with Gasteiger partial charge in [0.2, 0.25) is 0 Å². The molecule has 0 aliphatic heterocycles. The lowest BCUT2D eigenvalue weighted by Crippen LogP contribution is -2.26. The van der Waals surface area contributed by atoms with E-state index in [-0.39, 0.29) is 30.8 Å². The molecule has 0 N–H and O–H groups in total. The molecule has 0 saturated heterocycles. The lowest BCUT2D eigenvalue weighted by atomic mass is 9.98. The molecule has 0 atom stereocenters.